The van der Waals surface area contributed by atoms with Crippen molar-refractivity contribution in [3.05, 3.63) is 59.2 Å². The lowest BCUT2D eigenvalue weighted by atomic mass is 9.87. The molecule has 0 saturated carbocycles. The molecule has 124 valence electrons. The maximum absolute atomic E-state index is 12.4. The third-order valence-electron chi connectivity index (χ3n) is 4.66. The SMILES string of the molecule is O=C(Cc1ccccc1)NC1CCCc2cc3c(cc21)OCCO3. The smallest absolute Gasteiger partial charge is 0.224 e. The van der Waals surface area contributed by atoms with Gasteiger partial charge in [-0.25, -0.2) is 0 Å². The molecule has 4 heteroatoms. The average molecular weight is 323 g/mol. The van der Waals surface area contributed by atoms with Crippen LogP contribution in [0.5, 0.6) is 11.5 Å². The predicted molar refractivity (Wildman–Crippen MR) is 91.4 cm³/mol. The first-order valence-corrected chi connectivity index (χ1v) is 8.55. The number of hydrogen-bond donors (Lipinski definition) is 1. The lowest BCUT2D eigenvalue weighted by Crippen LogP contribution is -2.32. The molecule has 24 heavy (non-hydrogen) atoms. The number of ether oxygens (including phenoxy) is 2. The van der Waals surface area contributed by atoms with Gasteiger partial charge in [-0.2, -0.15) is 0 Å². The van der Waals surface area contributed by atoms with Gasteiger partial charge in [-0.15, -0.1) is 0 Å². The molecule has 2 aliphatic rings. The van der Waals surface area contributed by atoms with Crippen molar-refractivity contribution < 1.29 is 14.3 Å². The number of nitrogens with one attached hydrogen (secondary N) is 1. The maximum atomic E-state index is 12.4. The van der Waals surface area contributed by atoms with E-state index in [-0.39, 0.29) is 11.9 Å². The molecule has 1 amide bonds. The van der Waals surface area contributed by atoms with E-state index in [4.69, 9.17) is 9.47 Å². The number of rotatable bonds is 3. The molecule has 0 spiro atoms. The fourth-order valence-electron chi connectivity index (χ4n) is 3.52. The lowest BCUT2D eigenvalue weighted by molar-refractivity contribution is -0.121. The Morgan fingerprint density at radius 2 is 1.83 bits per heavy atom. The third kappa shape index (κ3) is 3.09. The van der Waals surface area contributed by atoms with E-state index in [9.17, 15) is 4.79 Å². The maximum Gasteiger partial charge on any atom is 0.224 e. The van der Waals surface area contributed by atoms with Gasteiger partial charge in [0.1, 0.15) is 13.2 Å². The van der Waals surface area contributed by atoms with Gasteiger partial charge in [0.25, 0.3) is 0 Å². The van der Waals surface area contributed by atoms with E-state index in [0.29, 0.717) is 19.6 Å². The fraction of sp³-hybridized carbons (Fsp3) is 0.350. The largest absolute Gasteiger partial charge is 0.486 e. The van der Waals surface area contributed by atoms with Crippen molar-refractivity contribution in [2.45, 2.75) is 31.7 Å². The monoisotopic (exact) mass is 323 g/mol. The molecule has 1 heterocycles. The molecule has 1 aliphatic carbocycles. The minimum atomic E-state index is 0.0563. The number of amides is 1. The Balaban J connectivity index is 1.52. The van der Waals surface area contributed by atoms with Crippen molar-refractivity contribution in [1.29, 1.82) is 0 Å². The number of aryl methyl sites for hydroxylation is 1. The fourth-order valence-corrected chi connectivity index (χ4v) is 3.52. The number of carbonyl (C=O) groups is 1. The van der Waals surface area contributed by atoms with Gasteiger partial charge in [-0.1, -0.05) is 30.3 Å². The Morgan fingerprint density at radius 3 is 2.62 bits per heavy atom. The number of fused-ring (bicyclic) bond motifs is 2. The van der Waals surface area contributed by atoms with Gasteiger partial charge < -0.3 is 14.8 Å². The zero-order valence-corrected chi connectivity index (χ0v) is 13.6. The van der Waals surface area contributed by atoms with E-state index in [0.717, 1.165) is 36.3 Å². The summed E-state index contributed by atoms with van der Waals surface area (Å²) in [6.45, 7) is 1.18. The van der Waals surface area contributed by atoms with Gasteiger partial charge in [-0.05, 0) is 48.1 Å². The summed E-state index contributed by atoms with van der Waals surface area (Å²) in [4.78, 5) is 12.4. The van der Waals surface area contributed by atoms with E-state index >= 15 is 0 Å². The zero-order chi connectivity index (χ0) is 16.4. The van der Waals surface area contributed by atoms with Gasteiger partial charge in [-0.3, -0.25) is 4.79 Å². The van der Waals surface area contributed by atoms with Gasteiger partial charge >= 0.3 is 0 Å². The molecule has 1 N–H and O–H groups in total. The summed E-state index contributed by atoms with van der Waals surface area (Å²) in [5.41, 5.74) is 3.47. The zero-order valence-electron chi connectivity index (χ0n) is 13.6. The van der Waals surface area contributed by atoms with Crippen LogP contribution in [0.25, 0.3) is 0 Å². The first-order valence-electron chi connectivity index (χ1n) is 8.55. The summed E-state index contributed by atoms with van der Waals surface area (Å²) < 4.78 is 11.4. The predicted octanol–water partition coefficient (Wildman–Crippen LogP) is 3.19. The second-order valence-electron chi connectivity index (χ2n) is 6.37. The van der Waals surface area contributed by atoms with Crippen LogP contribution in [0.1, 0.15) is 35.6 Å². The highest BCUT2D eigenvalue weighted by Gasteiger charge is 2.25. The number of hydrogen-bond acceptors (Lipinski definition) is 3. The molecule has 1 atom stereocenters. The highest BCUT2D eigenvalue weighted by Crippen LogP contribution is 2.39. The van der Waals surface area contributed by atoms with E-state index in [1.165, 1.54) is 11.1 Å². The average Bonchev–Trinajstić information content (AvgIpc) is 2.61. The molecule has 1 unspecified atom stereocenters. The van der Waals surface area contributed by atoms with Crippen LogP contribution in [0, 0.1) is 0 Å². The van der Waals surface area contributed by atoms with Crippen LogP contribution < -0.4 is 14.8 Å². The van der Waals surface area contributed by atoms with E-state index < -0.39 is 0 Å². The number of carbonyl (C=O) groups excluding carboxylic acids is 1. The van der Waals surface area contributed by atoms with Gasteiger partial charge in [0.15, 0.2) is 11.5 Å². The molecule has 2 aromatic carbocycles. The Labute approximate surface area is 141 Å². The van der Waals surface area contributed by atoms with Crippen LogP contribution in [0.4, 0.5) is 0 Å². The molecule has 0 radical (unpaired) electrons. The summed E-state index contributed by atoms with van der Waals surface area (Å²) >= 11 is 0. The molecule has 4 rings (SSSR count). The van der Waals surface area contributed by atoms with Crippen molar-refractivity contribution in [3.8, 4) is 11.5 Å². The minimum absolute atomic E-state index is 0.0563. The first-order chi connectivity index (χ1) is 11.8. The molecule has 1 aliphatic heterocycles. The molecule has 2 aromatic rings. The van der Waals surface area contributed by atoms with Crippen LogP contribution >= 0.6 is 0 Å². The first kappa shape index (κ1) is 15.1. The standard InChI is InChI=1S/C20H21NO3/c22-20(11-14-5-2-1-3-6-14)21-17-8-4-7-15-12-18-19(13-16(15)17)24-10-9-23-18/h1-3,5-6,12-13,17H,4,7-11H2,(H,21,22). The van der Waals surface area contributed by atoms with Gasteiger partial charge in [0.2, 0.25) is 5.91 Å². The van der Waals surface area contributed by atoms with Crippen LogP contribution in [0.3, 0.4) is 0 Å². The third-order valence-corrected chi connectivity index (χ3v) is 4.66. The van der Waals surface area contributed by atoms with Crippen LogP contribution in [-0.2, 0) is 17.6 Å². The van der Waals surface area contributed by atoms with E-state index in [1.807, 2.05) is 30.3 Å². The summed E-state index contributed by atoms with van der Waals surface area (Å²) in [6.07, 6.45) is 3.48. The minimum Gasteiger partial charge on any atom is -0.486 e. The van der Waals surface area contributed by atoms with Crippen molar-refractivity contribution in [1.82, 2.24) is 5.32 Å². The molecule has 0 bridgehead atoms. The van der Waals surface area contributed by atoms with Gasteiger partial charge in [0.05, 0.1) is 12.5 Å². The second kappa shape index (κ2) is 6.56. The molecule has 4 nitrogen and oxygen atoms in total. The van der Waals surface area contributed by atoms with Crippen molar-refractivity contribution in [2.75, 3.05) is 13.2 Å². The van der Waals surface area contributed by atoms with E-state index in [1.54, 1.807) is 0 Å². The second-order valence-corrected chi connectivity index (χ2v) is 6.37. The molecule has 0 fully saturated rings. The Kier molecular flexibility index (Phi) is 4.11. The summed E-state index contributed by atoms with van der Waals surface area (Å²) in [6, 6.07) is 14.0. The van der Waals surface area contributed by atoms with Crippen LogP contribution in [0.15, 0.2) is 42.5 Å². The summed E-state index contributed by atoms with van der Waals surface area (Å²) in [5, 5.41) is 3.20. The van der Waals surface area contributed by atoms with Gasteiger partial charge in [0, 0.05) is 0 Å². The Morgan fingerprint density at radius 1 is 1.08 bits per heavy atom. The quantitative estimate of drug-likeness (QED) is 0.943. The Bertz CT molecular complexity index is 742. The van der Waals surface area contributed by atoms with E-state index in [2.05, 4.69) is 17.4 Å². The summed E-state index contributed by atoms with van der Waals surface area (Å²) in [7, 11) is 0. The molecular weight excluding hydrogens is 302 g/mol. The molecule has 0 aromatic heterocycles. The normalized spacial score (nSPS) is 18.6. The highest BCUT2D eigenvalue weighted by atomic mass is 16.6. The van der Waals surface area contributed by atoms with Crippen LogP contribution in [-0.4, -0.2) is 19.1 Å². The van der Waals surface area contributed by atoms with Crippen molar-refractivity contribution >= 4 is 5.91 Å². The van der Waals surface area contributed by atoms with Crippen molar-refractivity contribution in [2.24, 2.45) is 0 Å². The highest BCUT2D eigenvalue weighted by molar-refractivity contribution is 5.79. The van der Waals surface area contributed by atoms with Crippen LogP contribution in [0.2, 0.25) is 0 Å². The Hall–Kier alpha value is -2.49. The lowest BCUT2D eigenvalue weighted by Gasteiger charge is -2.29. The molecular formula is C20H21NO3. The molecule has 0 saturated heterocycles. The number of benzene rings is 2. The topological polar surface area (TPSA) is 47.6 Å². The summed E-state index contributed by atoms with van der Waals surface area (Å²) in [5.74, 6) is 1.69. The van der Waals surface area contributed by atoms with Crippen molar-refractivity contribution in [3.63, 3.8) is 0 Å².